The van der Waals surface area contributed by atoms with Gasteiger partial charge in [0.25, 0.3) is 0 Å². The largest absolute Gasteiger partial charge is 0.242 e. The zero-order valence-corrected chi connectivity index (χ0v) is 9.52. The summed E-state index contributed by atoms with van der Waals surface area (Å²) in [6.07, 6.45) is 2.33. The minimum atomic E-state index is -0.821. The molecular weight excluding hydrogens is 211 g/mol. The molecule has 3 aliphatic rings. The highest BCUT2D eigenvalue weighted by molar-refractivity contribution is 6.30. The van der Waals surface area contributed by atoms with Crippen LogP contribution in [0.15, 0.2) is 24.3 Å². The van der Waals surface area contributed by atoms with Crippen molar-refractivity contribution in [3.05, 3.63) is 34.9 Å². The lowest BCUT2D eigenvalue weighted by molar-refractivity contribution is -0.230. The third kappa shape index (κ3) is 1.25. The molecule has 1 aromatic carbocycles. The molecule has 15 heavy (non-hydrogen) atoms. The van der Waals surface area contributed by atoms with Gasteiger partial charge in [0.15, 0.2) is 0 Å². The molecule has 1 unspecified atom stereocenters. The number of hydrogen-bond acceptors (Lipinski definition) is 0. The lowest BCUT2D eigenvalue weighted by atomic mass is 9.34. The Labute approximate surface area is 94.4 Å². The van der Waals surface area contributed by atoms with Gasteiger partial charge in [0.05, 0.1) is 0 Å². The Balaban J connectivity index is 1.84. The first-order valence-corrected chi connectivity index (χ1v) is 5.81. The predicted octanol–water partition coefficient (Wildman–Crippen LogP) is 4.54. The summed E-state index contributed by atoms with van der Waals surface area (Å²) in [6.45, 7) is 2.25. The quantitative estimate of drug-likeness (QED) is 0.692. The smallest absolute Gasteiger partial charge is 0.131 e. The van der Waals surface area contributed by atoms with Crippen LogP contribution in [0, 0.1) is 10.8 Å². The van der Waals surface area contributed by atoms with Crippen LogP contribution in [0.5, 0.6) is 0 Å². The van der Waals surface area contributed by atoms with E-state index in [1.165, 1.54) is 0 Å². The minimum absolute atomic E-state index is 0.0422. The highest BCUT2D eigenvalue weighted by atomic mass is 35.5. The Hall–Kier alpha value is -0.560. The second-order valence-corrected chi connectivity index (χ2v) is 6.06. The van der Waals surface area contributed by atoms with Crippen LogP contribution in [0.4, 0.5) is 4.39 Å². The number of alkyl halides is 1. The van der Waals surface area contributed by atoms with Crippen molar-refractivity contribution in [1.29, 1.82) is 0 Å². The molecule has 0 spiro atoms. The Morgan fingerprint density at radius 2 is 2.00 bits per heavy atom. The Morgan fingerprint density at radius 3 is 2.53 bits per heavy atom. The standard InChI is InChI=1S/C13H14ClF/c1-12-6-13(7-12,8-12)11(15)9-3-2-4-10(14)5-9/h2-5,11H,6-8H2,1H3. The molecule has 3 aliphatic carbocycles. The van der Waals surface area contributed by atoms with Gasteiger partial charge in [-0.2, -0.15) is 0 Å². The van der Waals surface area contributed by atoms with E-state index in [0.717, 1.165) is 24.8 Å². The molecule has 1 aromatic rings. The van der Waals surface area contributed by atoms with Gasteiger partial charge in [-0.1, -0.05) is 30.7 Å². The van der Waals surface area contributed by atoms with E-state index in [2.05, 4.69) is 6.92 Å². The topological polar surface area (TPSA) is 0 Å². The van der Waals surface area contributed by atoms with Crippen LogP contribution in [0.3, 0.4) is 0 Å². The number of rotatable bonds is 2. The SMILES string of the molecule is CC12CC(C(F)c3cccc(Cl)c3)(C1)C2. The average Bonchev–Trinajstić information content (AvgIpc) is 2.10. The van der Waals surface area contributed by atoms with Crippen LogP contribution in [-0.4, -0.2) is 0 Å². The lowest BCUT2D eigenvalue weighted by Crippen LogP contribution is -2.61. The van der Waals surface area contributed by atoms with E-state index in [4.69, 9.17) is 11.6 Å². The van der Waals surface area contributed by atoms with Crippen LogP contribution in [-0.2, 0) is 0 Å². The van der Waals surface area contributed by atoms with Crippen molar-refractivity contribution in [2.75, 3.05) is 0 Å². The first kappa shape index (κ1) is 9.65. The highest BCUT2D eigenvalue weighted by Crippen LogP contribution is 2.77. The first-order chi connectivity index (χ1) is 7.03. The van der Waals surface area contributed by atoms with Crippen molar-refractivity contribution in [2.24, 2.45) is 10.8 Å². The van der Waals surface area contributed by atoms with Crippen LogP contribution in [0.25, 0.3) is 0 Å². The summed E-state index contributed by atoms with van der Waals surface area (Å²) >= 11 is 5.87. The third-order valence-corrected chi connectivity index (χ3v) is 4.25. The fraction of sp³-hybridized carbons (Fsp3) is 0.538. The molecule has 0 N–H and O–H groups in total. The number of halogens is 2. The molecule has 4 rings (SSSR count). The second-order valence-electron chi connectivity index (χ2n) is 5.62. The van der Waals surface area contributed by atoms with E-state index in [0.29, 0.717) is 10.4 Å². The summed E-state index contributed by atoms with van der Waals surface area (Å²) in [5.41, 5.74) is 1.17. The molecule has 0 saturated heterocycles. The fourth-order valence-corrected chi connectivity index (χ4v) is 3.88. The molecule has 3 saturated carbocycles. The fourth-order valence-electron chi connectivity index (χ4n) is 3.68. The molecular formula is C13H14ClF. The van der Waals surface area contributed by atoms with E-state index in [-0.39, 0.29) is 5.41 Å². The molecule has 0 amide bonds. The van der Waals surface area contributed by atoms with Gasteiger partial charge >= 0.3 is 0 Å². The van der Waals surface area contributed by atoms with Gasteiger partial charge in [-0.3, -0.25) is 0 Å². The molecule has 0 aromatic heterocycles. The molecule has 2 heteroatoms. The second kappa shape index (κ2) is 2.76. The summed E-state index contributed by atoms with van der Waals surface area (Å²) in [5, 5.41) is 0.632. The van der Waals surface area contributed by atoms with Crippen molar-refractivity contribution in [1.82, 2.24) is 0 Å². The Kier molecular flexibility index (Phi) is 1.78. The average molecular weight is 225 g/mol. The van der Waals surface area contributed by atoms with Crippen molar-refractivity contribution in [2.45, 2.75) is 32.4 Å². The summed E-state index contributed by atoms with van der Waals surface area (Å²) < 4.78 is 14.3. The predicted molar refractivity (Wildman–Crippen MR) is 59.7 cm³/mol. The molecule has 0 aliphatic heterocycles. The van der Waals surface area contributed by atoms with E-state index in [1.807, 2.05) is 12.1 Å². The van der Waals surface area contributed by atoms with Crippen molar-refractivity contribution < 1.29 is 4.39 Å². The van der Waals surface area contributed by atoms with Crippen LogP contribution in [0.2, 0.25) is 5.02 Å². The lowest BCUT2D eigenvalue weighted by Gasteiger charge is -2.70. The Morgan fingerprint density at radius 1 is 1.33 bits per heavy atom. The molecule has 2 bridgehead atoms. The zero-order chi connectivity index (χ0) is 10.7. The molecule has 0 nitrogen and oxygen atoms in total. The van der Waals surface area contributed by atoms with E-state index in [1.54, 1.807) is 12.1 Å². The maximum Gasteiger partial charge on any atom is 0.131 e. The number of benzene rings is 1. The minimum Gasteiger partial charge on any atom is -0.242 e. The molecule has 80 valence electrons. The van der Waals surface area contributed by atoms with Crippen molar-refractivity contribution in [3.63, 3.8) is 0 Å². The third-order valence-electron chi connectivity index (χ3n) is 4.02. The van der Waals surface area contributed by atoms with Crippen LogP contribution in [0.1, 0.15) is 37.9 Å². The van der Waals surface area contributed by atoms with Gasteiger partial charge in [0.2, 0.25) is 0 Å². The molecule has 0 radical (unpaired) electrons. The monoisotopic (exact) mass is 224 g/mol. The van der Waals surface area contributed by atoms with Crippen molar-refractivity contribution >= 4 is 11.6 Å². The molecule has 3 fully saturated rings. The first-order valence-electron chi connectivity index (χ1n) is 5.43. The maximum absolute atomic E-state index is 14.3. The summed E-state index contributed by atoms with van der Waals surface area (Å²) in [4.78, 5) is 0. The van der Waals surface area contributed by atoms with Crippen LogP contribution < -0.4 is 0 Å². The van der Waals surface area contributed by atoms with Crippen molar-refractivity contribution in [3.8, 4) is 0 Å². The van der Waals surface area contributed by atoms with Gasteiger partial charge in [0.1, 0.15) is 6.17 Å². The Bertz CT molecular complexity index is 393. The van der Waals surface area contributed by atoms with Gasteiger partial charge < -0.3 is 0 Å². The summed E-state index contributed by atoms with van der Waals surface area (Å²) in [7, 11) is 0. The normalized spacial score (nSPS) is 39.1. The summed E-state index contributed by atoms with van der Waals surface area (Å²) in [5.74, 6) is 0. The molecule has 0 heterocycles. The maximum atomic E-state index is 14.3. The highest BCUT2D eigenvalue weighted by Gasteiger charge is 2.68. The summed E-state index contributed by atoms with van der Waals surface area (Å²) in [6, 6.07) is 7.23. The van der Waals surface area contributed by atoms with Gasteiger partial charge in [-0.05, 0) is 42.4 Å². The van der Waals surface area contributed by atoms with Gasteiger partial charge in [0, 0.05) is 10.4 Å². The van der Waals surface area contributed by atoms with E-state index < -0.39 is 6.17 Å². The molecule has 1 atom stereocenters. The zero-order valence-electron chi connectivity index (χ0n) is 8.76. The van der Waals surface area contributed by atoms with E-state index in [9.17, 15) is 4.39 Å². The van der Waals surface area contributed by atoms with Crippen LogP contribution >= 0.6 is 11.6 Å². The van der Waals surface area contributed by atoms with E-state index >= 15 is 0 Å². The van der Waals surface area contributed by atoms with Gasteiger partial charge in [-0.15, -0.1) is 0 Å². The van der Waals surface area contributed by atoms with Gasteiger partial charge in [-0.25, -0.2) is 4.39 Å². The number of hydrogen-bond donors (Lipinski definition) is 0.